The second kappa shape index (κ2) is 6.89. The summed E-state index contributed by atoms with van der Waals surface area (Å²) in [5.41, 5.74) is 4.08. The first-order valence-electron chi connectivity index (χ1n) is 7.25. The predicted octanol–water partition coefficient (Wildman–Crippen LogP) is 5.18. The fraction of sp³-hybridized carbons (Fsp3) is 0.211. The number of benzene rings is 1. The molecule has 0 fully saturated rings. The number of hydrogen-bond acceptors (Lipinski definition) is 2. The van der Waals surface area contributed by atoms with Crippen LogP contribution in [0.4, 0.5) is 5.69 Å². The fourth-order valence-electron chi connectivity index (χ4n) is 2.16. The molecule has 0 saturated heterocycles. The van der Waals surface area contributed by atoms with Crippen LogP contribution in [0.25, 0.3) is 16.5 Å². The lowest BCUT2D eigenvalue weighted by atomic mass is 10.1. The number of allylic oxidation sites excluding steroid dienone is 4. The summed E-state index contributed by atoms with van der Waals surface area (Å²) in [4.78, 5) is 6.78. The summed E-state index contributed by atoms with van der Waals surface area (Å²) in [6.07, 6.45) is 9.37. The Morgan fingerprint density at radius 2 is 2.05 bits per heavy atom. The van der Waals surface area contributed by atoms with E-state index < -0.39 is 0 Å². The minimum atomic E-state index is 0.948. The van der Waals surface area contributed by atoms with Crippen molar-refractivity contribution in [3.63, 3.8) is 0 Å². The van der Waals surface area contributed by atoms with E-state index in [1.54, 1.807) is 0 Å². The van der Waals surface area contributed by atoms with Gasteiger partial charge in [-0.1, -0.05) is 31.7 Å². The zero-order valence-corrected chi connectivity index (χ0v) is 13.0. The number of rotatable bonds is 5. The molecule has 1 aromatic heterocycles. The van der Waals surface area contributed by atoms with E-state index in [0.29, 0.717) is 0 Å². The van der Waals surface area contributed by atoms with E-state index in [9.17, 15) is 0 Å². The second-order valence-corrected chi connectivity index (χ2v) is 5.11. The van der Waals surface area contributed by atoms with E-state index in [0.717, 1.165) is 34.3 Å². The minimum Gasteiger partial charge on any atom is -0.351 e. The normalized spacial score (nSPS) is 11.6. The molecular formula is C19H22N2. The lowest BCUT2D eigenvalue weighted by Crippen LogP contribution is -2.08. The Kier molecular flexibility index (Phi) is 4.94. The molecule has 0 bridgehead atoms. The van der Waals surface area contributed by atoms with Gasteiger partial charge in [0.2, 0.25) is 0 Å². The molecule has 2 aromatic rings. The van der Waals surface area contributed by atoms with Crippen LogP contribution in [0.5, 0.6) is 0 Å². The van der Waals surface area contributed by atoms with Crippen LogP contribution in [0, 0.1) is 0 Å². The zero-order valence-electron chi connectivity index (χ0n) is 13.0. The molecule has 0 aliphatic heterocycles. The predicted molar refractivity (Wildman–Crippen MR) is 93.4 cm³/mol. The van der Waals surface area contributed by atoms with Crippen molar-refractivity contribution in [1.82, 2.24) is 4.98 Å². The van der Waals surface area contributed by atoms with Crippen LogP contribution in [0.15, 0.2) is 61.3 Å². The number of pyridine rings is 1. The van der Waals surface area contributed by atoms with Crippen LogP contribution < -0.4 is 4.90 Å². The molecule has 0 aliphatic rings. The van der Waals surface area contributed by atoms with Crippen molar-refractivity contribution in [2.24, 2.45) is 0 Å². The number of aromatic nitrogens is 1. The molecule has 0 aliphatic carbocycles. The van der Waals surface area contributed by atoms with E-state index in [1.807, 2.05) is 25.1 Å². The Balaban J connectivity index is 2.38. The van der Waals surface area contributed by atoms with Crippen molar-refractivity contribution >= 4 is 22.2 Å². The highest BCUT2D eigenvalue weighted by molar-refractivity contribution is 5.93. The van der Waals surface area contributed by atoms with Gasteiger partial charge in [0, 0.05) is 24.3 Å². The quantitative estimate of drug-likeness (QED) is 0.700. The van der Waals surface area contributed by atoms with E-state index >= 15 is 0 Å². The Bertz CT molecular complexity index is 696. The highest BCUT2D eigenvalue weighted by Gasteiger charge is 2.05. The molecule has 0 unspecified atom stereocenters. The van der Waals surface area contributed by atoms with Crippen LogP contribution in [-0.2, 0) is 0 Å². The lowest BCUT2D eigenvalue weighted by Gasteiger charge is -2.16. The Morgan fingerprint density at radius 3 is 2.76 bits per heavy atom. The molecular weight excluding hydrogens is 256 g/mol. The highest BCUT2D eigenvalue weighted by atomic mass is 15.1. The summed E-state index contributed by atoms with van der Waals surface area (Å²) in [5, 5.41) is 1.15. The maximum Gasteiger partial charge on any atom is 0.0730 e. The van der Waals surface area contributed by atoms with Crippen molar-refractivity contribution in [2.75, 3.05) is 11.9 Å². The van der Waals surface area contributed by atoms with Gasteiger partial charge < -0.3 is 4.90 Å². The first kappa shape index (κ1) is 15.0. The maximum absolute atomic E-state index is 4.66. The average molecular weight is 278 g/mol. The van der Waals surface area contributed by atoms with Crippen molar-refractivity contribution in [3.05, 3.63) is 67.0 Å². The molecule has 0 atom stereocenters. The maximum atomic E-state index is 4.66. The molecule has 0 spiro atoms. The van der Waals surface area contributed by atoms with Crippen molar-refractivity contribution in [3.8, 4) is 0 Å². The van der Waals surface area contributed by atoms with Crippen LogP contribution in [0.3, 0.4) is 0 Å². The topological polar surface area (TPSA) is 16.1 Å². The summed E-state index contributed by atoms with van der Waals surface area (Å²) in [6.45, 7) is 8.06. The van der Waals surface area contributed by atoms with Gasteiger partial charge in [-0.25, -0.2) is 4.98 Å². The van der Waals surface area contributed by atoms with Gasteiger partial charge in [-0.3, -0.25) is 0 Å². The Hall–Kier alpha value is -2.35. The third kappa shape index (κ3) is 3.60. The van der Waals surface area contributed by atoms with E-state index in [1.165, 1.54) is 0 Å². The van der Waals surface area contributed by atoms with Gasteiger partial charge in [-0.05, 0) is 49.3 Å². The Labute approximate surface area is 127 Å². The van der Waals surface area contributed by atoms with Gasteiger partial charge >= 0.3 is 0 Å². The molecule has 2 heteroatoms. The summed E-state index contributed by atoms with van der Waals surface area (Å²) < 4.78 is 0. The van der Waals surface area contributed by atoms with Gasteiger partial charge in [-0.15, -0.1) is 0 Å². The molecule has 21 heavy (non-hydrogen) atoms. The van der Waals surface area contributed by atoms with E-state index in [2.05, 4.69) is 67.0 Å². The summed E-state index contributed by atoms with van der Waals surface area (Å²) in [7, 11) is 2.05. The molecule has 0 amide bonds. The first-order chi connectivity index (χ1) is 10.1. The molecule has 1 heterocycles. The van der Waals surface area contributed by atoms with E-state index in [4.69, 9.17) is 0 Å². The molecule has 0 N–H and O–H groups in total. The molecule has 1 aromatic carbocycles. The Morgan fingerprint density at radius 1 is 1.24 bits per heavy atom. The van der Waals surface area contributed by atoms with Crippen molar-refractivity contribution < 1.29 is 0 Å². The molecule has 2 rings (SSSR count). The average Bonchev–Trinajstić information content (AvgIpc) is 2.50. The smallest absolute Gasteiger partial charge is 0.0730 e. The van der Waals surface area contributed by atoms with Crippen LogP contribution in [-0.4, -0.2) is 12.0 Å². The van der Waals surface area contributed by atoms with Gasteiger partial charge in [0.05, 0.1) is 11.2 Å². The van der Waals surface area contributed by atoms with Gasteiger partial charge in [0.1, 0.15) is 0 Å². The third-order valence-corrected chi connectivity index (χ3v) is 3.32. The largest absolute Gasteiger partial charge is 0.351 e. The van der Waals surface area contributed by atoms with Gasteiger partial charge in [-0.2, -0.15) is 0 Å². The van der Waals surface area contributed by atoms with Crippen molar-refractivity contribution in [2.45, 2.75) is 20.3 Å². The van der Waals surface area contributed by atoms with Crippen LogP contribution in [0.2, 0.25) is 0 Å². The van der Waals surface area contributed by atoms with Gasteiger partial charge in [0.15, 0.2) is 0 Å². The summed E-state index contributed by atoms with van der Waals surface area (Å²) >= 11 is 0. The first-order valence-corrected chi connectivity index (χ1v) is 7.25. The monoisotopic (exact) mass is 278 g/mol. The molecule has 2 nitrogen and oxygen atoms in total. The third-order valence-electron chi connectivity index (χ3n) is 3.32. The second-order valence-electron chi connectivity index (χ2n) is 5.11. The fourth-order valence-corrected chi connectivity index (χ4v) is 2.16. The molecule has 0 saturated carbocycles. The number of fused-ring (bicyclic) bond motifs is 1. The number of anilines is 1. The highest BCUT2D eigenvalue weighted by Crippen LogP contribution is 2.26. The van der Waals surface area contributed by atoms with Crippen LogP contribution >= 0.6 is 0 Å². The van der Waals surface area contributed by atoms with E-state index in [-0.39, 0.29) is 0 Å². The molecule has 0 radical (unpaired) electrons. The van der Waals surface area contributed by atoms with Crippen LogP contribution in [0.1, 0.15) is 26.0 Å². The minimum absolute atomic E-state index is 0.948. The molecule has 108 valence electrons. The lowest BCUT2D eigenvalue weighted by molar-refractivity contribution is 1.20. The standard InChI is InChI=1S/C19H22N2/c1-5-6-7-8-14-21(4)19-11-9-10-18-16(19)12-13-17(20-18)15(2)3/h6-14H,2,5H2,1,3-4H3/b7-6+,14-8-. The summed E-state index contributed by atoms with van der Waals surface area (Å²) in [6, 6.07) is 10.3. The summed E-state index contributed by atoms with van der Waals surface area (Å²) in [5.74, 6) is 0. The number of hydrogen-bond donors (Lipinski definition) is 0. The zero-order chi connectivity index (χ0) is 15.2. The van der Waals surface area contributed by atoms with Crippen molar-refractivity contribution in [1.29, 1.82) is 0 Å². The van der Waals surface area contributed by atoms with Gasteiger partial charge in [0.25, 0.3) is 0 Å². The SMILES string of the molecule is C=C(C)c1ccc2c(N(C)/C=C\C=C\CC)cccc2n1. The number of nitrogens with zero attached hydrogens (tertiary/aromatic N) is 2.